The molecule has 7 nitrogen and oxygen atoms in total. The standard InChI is InChI=1S/C30H48O7/c1-17(36-27(34)28(4,5)6)24-15-25(33)26-22-9-8-20-14-21(37-19(3)32)10-13-30(20,16-35-18(2)31)23(22)11-12-29(24,26)7/h17,20-26,33H,8-16H2,1-7H3/t17-,20-,21-,22+,23-,24+,25+,26-,29+,30+/m0/s1. The highest BCUT2D eigenvalue weighted by molar-refractivity contribution is 5.75. The van der Waals surface area contributed by atoms with Gasteiger partial charge in [0.05, 0.1) is 18.1 Å². The van der Waals surface area contributed by atoms with Crippen molar-refractivity contribution in [1.82, 2.24) is 0 Å². The molecule has 0 saturated heterocycles. The molecule has 0 aromatic carbocycles. The average molecular weight is 521 g/mol. The van der Waals surface area contributed by atoms with E-state index in [-0.39, 0.29) is 52.8 Å². The van der Waals surface area contributed by atoms with Crippen LogP contribution < -0.4 is 0 Å². The van der Waals surface area contributed by atoms with E-state index in [2.05, 4.69) is 6.92 Å². The Morgan fingerprint density at radius 2 is 1.70 bits per heavy atom. The van der Waals surface area contributed by atoms with E-state index in [0.29, 0.717) is 30.8 Å². The first-order valence-electron chi connectivity index (χ1n) is 14.4. The molecule has 1 N–H and O–H groups in total. The van der Waals surface area contributed by atoms with E-state index in [0.717, 1.165) is 44.9 Å². The Hall–Kier alpha value is -1.63. The lowest BCUT2D eigenvalue weighted by molar-refractivity contribution is -0.188. The minimum absolute atomic E-state index is 0.0711. The van der Waals surface area contributed by atoms with Crippen molar-refractivity contribution in [2.75, 3.05) is 6.61 Å². The van der Waals surface area contributed by atoms with Crippen molar-refractivity contribution in [3.63, 3.8) is 0 Å². The van der Waals surface area contributed by atoms with Crippen LogP contribution in [0.25, 0.3) is 0 Å². The second-order valence-corrected chi connectivity index (χ2v) is 13.9. The van der Waals surface area contributed by atoms with Crippen molar-refractivity contribution in [3.8, 4) is 0 Å². The summed E-state index contributed by atoms with van der Waals surface area (Å²) in [6.45, 7) is 13.3. The molecule has 4 aliphatic rings. The van der Waals surface area contributed by atoms with Gasteiger partial charge < -0.3 is 19.3 Å². The number of rotatable bonds is 5. The van der Waals surface area contributed by atoms with Gasteiger partial charge in [0.25, 0.3) is 0 Å². The molecule has 0 radical (unpaired) electrons. The Morgan fingerprint density at radius 3 is 2.32 bits per heavy atom. The van der Waals surface area contributed by atoms with Gasteiger partial charge in [-0.05, 0) is 108 Å². The van der Waals surface area contributed by atoms with Crippen LogP contribution in [0.3, 0.4) is 0 Å². The lowest BCUT2D eigenvalue weighted by Gasteiger charge is -2.62. The molecule has 10 atom stereocenters. The summed E-state index contributed by atoms with van der Waals surface area (Å²) in [5.41, 5.74) is -0.812. The predicted octanol–water partition coefficient (Wildman–Crippen LogP) is 5.07. The van der Waals surface area contributed by atoms with Crippen LogP contribution in [-0.2, 0) is 28.6 Å². The van der Waals surface area contributed by atoms with Crippen LogP contribution >= 0.6 is 0 Å². The second-order valence-electron chi connectivity index (χ2n) is 13.9. The molecule has 7 heteroatoms. The van der Waals surface area contributed by atoms with Gasteiger partial charge in [0.15, 0.2) is 0 Å². The van der Waals surface area contributed by atoms with E-state index in [1.54, 1.807) is 0 Å². The molecule has 0 heterocycles. The van der Waals surface area contributed by atoms with Gasteiger partial charge in [-0.15, -0.1) is 0 Å². The first-order chi connectivity index (χ1) is 17.2. The molecule has 210 valence electrons. The lowest BCUT2D eigenvalue weighted by atomic mass is 9.44. The second kappa shape index (κ2) is 10.2. The normalized spacial score (nSPS) is 42.0. The molecule has 4 saturated carbocycles. The van der Waals surface area contributed by atoms with E-state index in [4.69, 9.17) is 14.2 Å². The zero-order valence-electron chi connectivity index (χ0n) is 23.9. The molecule has 0 aromatic rings. The van der Waals surface area contributed by atoms with Crippen LogP contribution in [-0.4, -0.2) is 47.9 Å². The van der Waals surface area contributed by atoms with Crippen molar-refractivity contribution < 1.29 is 33.7 Å². The van der Waals surface area contributed by atoms with Crippen LogP contribution in [0.2, 0.25) is 0 Å². The van der Waals surface area contributed by atoms with Crippen LogP contribution in [0.5, 0.6) is 0 Å². The van der Waals surface area contributed by atoms with Crippen LogP contribution in [0.15, 0.2) is 0 Å². The van der Waals surface area contributed by atoms with Gasteiger partial charge in [0.2, 0.25) is 0 Å². The number of esters is 3. The SMILES string of the molecule is CC(=O)OC[C@]12CC[C@H](OC(C)=O)C[C@@H]1CC[C@H]1[C@H]3[C@H](O)C[C@H]([C@H](C)OC(=O)C(C)(C)C)[C@@]3(C)CC[C@@H]12. The molecule has 4 fully saturated rings. The lowest BCUT2D eigenvalue weighted by Crippen LogP contribution is -2.58. The fourth-order valence-corrected chi connectivity index (χ4v) is 9.14. The number of fused-ring (bicyclic) bond motifs is 5. The predicted molar refractivity (Wildman–Crippen MR) is 138 cm³/mol. The molecule has 4 rings (SSSR count). The summed E-state index contributed by atoms with van der Waals surface area (Å²) in [7, 11) is 0. The van der Waals surface area contributed by atoms with Crippen molar-refractivity contribution in [2.24, 2.45) is 45.8 Å². The fourth-order valence-electron chi connectivity index (χ4n) is 9.14. The maximum Gasteiger partial charge on any atom is 0.311 e. The number of ether oxygens (including phenoxy) is 3. The maximum atomic E-state index is 12.7. The van der Waals surface area contributed by atoms with Gasteiger partial charge in [-0.25, -0.2) is 0 Å². The van der Waals surface area contributed by atoms with Crippen molar-refractivity contribution in [1.29, 1.82) is 0 Å². The quantitative estimate of drug-likeness (QED) is 0.399. The third-order valence-corrected chi connectivity index (χ3v) is 10.7. The van der Waals surface area contributed by atoms with Crippen molar-refractivity contribution >= 4 is 17.9 Å². The Morgan fingerprint density at radius 1 is 1.00 bits per heavy atom. The zero-order chi connectivity index (χ0) is 27.3. The number of carbonyl (C=O) groups excluding carboxylic acids is 3. The van der Waals surface area contributed by atoms with Crippen molar-refractivity contribution in [2.45, 2.75) is 118 Å². The van der Waals surface area contributed by atoms with Crippen LogP contribution in [0.1, 0.15) is 99.8 Å². The molecular formula is C30H48O7. The van der Waals surface area contributed by atoms with Gasteiger partial charge in [-0.3, -0.25) is 14.4 Å². The summed E-state index contributed by atoms with van der Waals surface area (Å²) in [6.07, 6.45) is 6.34. The Labute approximate surface area is 222 Å². The minimum atomic E-state index is -0.560. The van der Waals surface area contributed by atoms with Gasteiger partial charge >= 0.3 is 17.9 Å². The van der Waals surface area contributed by atoms with E-state index in [9.17, 15) is 19.5 Å². The highest BCUT2D eigenvalue weighted by Crippen LogP contribution is 2.68. The monoisotopic (exact) mass is 520 g/mol. The molecule has 4 aliphatic carbocycles. The highest BCUT2D eigenvalue weighted by atomic mass is 16.5. The average Bonchev–Trinajstić information content (AvgIpc) is 3.07. The van der Waals surface area contributed by atoms with E-state index in [1.807, 2.05) is 27.7 Å². The first kappa shape index (κ1) is 28.4. The van der Waals surface area contributed by atoms with Gasteiger partial charge in [-0.2, -0.15) is 0 Å². The Balaban J connectivity index is 1.59. The molecule has 0 unspecified atom stereocenters. The molecule has 0 amide bonds. The van der Waals surface area contributed by atoms with Crippen LogP contribution in [0.4, 0.5) is 0 Å². The number of hydrogen-bond donors (Lipinski definition) is 1. The third-order valence-electron chi connectivity index (χ3n) is 10.7. The first-order valence-corrected chi connectivity index (χ1v) is 14.4. The van der Waals surface area contributed by atoms with Crippen molar-refractivity contribution in [3.05, 3.63) is 0 Å². The molecule has 37 heavy (non-hydrogen) atoms. The highest BCUT2D eigenvalue weighted by Gasteiger charge is 2.65. The maximum absolute atomic E-state index is 12.7. The van der Waals surface area contributed by atoms with E-state index < -0.39 is 11.5 Å². The van der Waals surface area contributed by atoms with E-state index >= 15 is 0 Å². The van der Waals surface area contributed by atoms with Crippen LogP contribution in [0, 0.1) is 45.8 Å². The number of aliphatic hydroxyl groups excluding tert-OH is 1. The Kier molecular flexibility index (Phi) is 7.79. The smallest absolute Gasteiger partial charge is 0.311 e. The molecule has 0 spiro atoms. The van der Waals surface area contributed by atoms with Gasteiger partial charge in [-0.1, -0.05) is 6.92 Å². The topological polar surface area (TPSA) is 99.1 Å². The summed E-state index contributed by atoms with van der Waals surface area (Å²) >= 11 is 0. The number of hydrogen-bond acceptors (Lipinski definition) is 7. The summed E-state index contributed by atoms with van der Waals surface area (Å²) < 4.78 is 17.3. The summed E-state index contributed by atoms with van der Waals surface area (Å²) in [5.74, 6) is 0.575. The van der Waals surface area contributed by atoms with Gasteiger partial charge in [0, 0.05) is 25.2 Å². The summed E-state index contributed by atoms with van der Waals surface area (Å²) in [6, 6.07) is 0. The molecule has 0 aromatic heterocycles. The fraction of sp³-hybridized carbons (Fsp3) is 0.900. The molecule has 0 bridgehead atoms. The largest absolute Gasteiger partial charge is 0.465 e. The third kappa shape index (κ3) is 5.18. The summed E-state index contributed by atoms with van der Waals surface area (Å²) in [5, 5.41) is 11.5. The Bertz CT molecular complexity index is 893. The minimum Gasteiger partial charge on any atom is -0.465 e. The molecular weight excluding hydrogens is 472 g/mol. The zero-order valence-corrected chi connectivity index (χ0v) is 23.9. The van der Waals surface area contributed by atoms with Gasteiger partial charge in [0.1, 0.15) is 12.2 Å². The number of carbonyl (C=O) groups is 3. The molecule has 0 aliphatic heterocycles. The summed E-state index contributed by atoms with van der Waals surface area (Å²) in [4.78, 5) is 36.2. The number of aliphatic hydroxyl groups is 1. The van der Waals surface area contributed by atoms with E-state index in [1.165, 1.54) is 13.8 Å².